The first-order valence-corrected chi connectivity index (χ1v) is 8.42. The van der Waals surface area contributed by atoms with Gasteiger partial charge in [0.15, 0.2) is 0 Å². The number of nitrogens with one attached hydrogen (secondary N) is 1. The number of nitrogens with zero attached hydrogens (tertiary/aromatic N) is 1. The number of piperazine rings is 1. The van der Waals surface area contributed by atoms with E-state index in [2.05, 4.69) is 5.32 Å². The van der Waals surface area contributed by atoms with Gasteiger partial charge in [0.05, 0.1) is 19.3 Å². The summed E-state index contributed by atoms with van der Waals surface area (Å²) in [6, 6.07) is 0. The Labute approximate surface area is 126 Å². The summed E-state index contributed by atoms with van der Waals surface area (Å²) < 4.78 is 5.89. The first-order valence-electron chi connectivity index (χ1n) is 8.42. The first-order chi connectivity index (χ1) is 10.2. The van der Waals surface area contributed by atoms with Gasteiger partial charge in [-0.3, -0.25) is 9.59 Å². The van der Waals surface area contributed by atoms with Crippen molar-refractivity contribution in [3.63, 3.8) is 0 Å². The lowest BCUT2D eigenvalue weighted by Crippen LogP contribution is -2.65. The number of amides is 2. The zero-order valence-electron chi connectivity index (χ0n) is 12.7. The van der Waals surface area contributed by atoms with Crippen LogP contribution in [0.4, 0.5) is 0 Å². The maximum absolute atomic E-state index is 12.6. The molecule has 1 saturated heterocycles. The van der Waals surface area contributed by atoms with Gasteiger partial charge in [0.25, 0.3) is 0 Å². The molecule has 0 atom stereocenters. The lowest BCUT2D eigenvalue weighted by molar-refractivity contribution is -0.150. The third-order valence-electron chi connectivity index (χ3n) is 5.13. The number of carbonyl (C=O) groups excluding carboxylic acids is 2. The fraction of sp³-hybridized carbons (Fsp3) is 0.875. The second kappa shape index (κ2) is 6.34. The Hall–Kier alpha value is -1.10. The van der Waals surface area contributed by atoms with E-state index in [1.807, 2.05) is 0 Å². The summed E-state index contributed by atoms with van der Waals surface area (Å²) in [6.45, 7) is 1.29. The normalized spacial score (nSPS) is 26.4. The summed E-state index contributed by atoms with van der Waals surface area (Å²) in [6.07, 6.45) is 10.1. The summed E-state index contributed by atoms with van der Waals surface area (Å²) in [5.74, 6) is 0.0843. The molecule has 3 fully saturated rings. The topological polar surface area (TPSA) is 58.6 Å². The molecule has 0 aromatic carbocycles. The van der Waals surface area contributed by atoms with E-state index in [1.54, 1.807) is 4.90 Å². The molecule has 2 aliphatic carbocycles. The van der Waals surface area contributed by atoms with Crippen LogP contribution in [0.2, 0.25) is 0 Å². The van der Waals surface area contributed by atoms with E-state index >= 15 is 0 Å². The summed E-state index contributed by atoms with van der Waals surface area (Å²) >= 11 is 0. The number of hydrogen-bond donors (Lipinski definition) is 1. The summed E-state index contributed by atoms with van der Waals surface area (Å²) in [5.41, 5.74) is -0.597. The maximum Gasteiger partial charge on any atom is 0.248 e. The van der Waals surface area contributed by atoms with Crippen LogP contribution in [0.25, 0.3) is 0 Å². The van der Waals surface area contributed by atoms with Gasteiger partial charge in [-0.05, 0) is 25.7 Å². The standard InChI is InChI=1S/C16H26N2O3/c19-14-12-18(10-11-21-13-6-2-1-3-7-13)15(20)16(17-14)8-4-5-9-16/h13H,1-12H2,(H,17,19). The molecule has 1 spiro atoms. The molecule has 3 aliphatic rings. The van der Waals surface area contributed by atoms with Gasteiger partial charge in [0, 0.05) is 6.54 Å². The molecule has 1 aliphatic heterocycles. The van der Waals surface area contributed by atoms with Crippen molar-refractivity contribution in [1.29, 1.82) is 0 Å². The second-order valence-corrected chi connectivity index (χ2v) is 6.69. The molecule has 2 amide bonds. The Balaban J connectivity index is 1.51. The van der Waals surface area contributed by atoms with Gasteiger partial charge in [0.1, 0.15) is 5.54 Å². The minimum absolute atomic E-state index is 0.0193. The number of carbonyl (C=O) groups is 2. The van der Waals surface area contributed by atoms with E-state index < -0.39 is 5.54 Å². The van der Waals surface area contributed by atoms with Gasteiger partial charge >= 0.3 is 0 Å². The largest absolute Gasteiger partial charge is 0.376 e. The molecule has 0 radical (unpaired) electrons. The molecule has 5 nitrogen and oxygen atoms in total. The molecule has 21 heavy (non-hydrogen) atoms. The zero-order valence-corrected chi connectivity index (χ0v) is 12.7. The molecule has 1 heterocycles. The number of ether oxygens (including phenoxy) is 1. The van der Waals surface area contributed by atoms with Gasteiger partial charge in [0.2, 0.25) is 11.8 Å². The Morgan fingerprint density at radius 2 is 1.81 bits per heavy atom. The summed E-state index contributed by atoms with van der Waals surface area (Å²) in [7, 11) is 0. The van der Waals surface area contributed by atoms with Crippen molar-refractivity contribution < 1.29 is 14.3 Å². The van der Waals surface area contributed by atoms with Crippen LogP contribution in [0.3, 0.4) is 0 Å². The van der Waals surface area contributed by atoms with Gasteiger partial charge in [-0.15, -0.1) is 0 Å². The monoisotopic (exact) mass is 294 g/mol. The highest BCUT2D eigenvalue weighted by molar-refractivity contribution is 5.98. The third kappa shape index (κ3) is 3.23. The number of rotatable bonds is 4. The van der Waals surface area contributed by atoms with Gasteiger partial charge < -0.3 is 15.0 Å². The smallest absolute Gasteiger partial charge is 0.248 e. The van der Waals surface area contributed by atoms with Crippen molar-refractivity contribution in [2.24, 2.45) is 0 Å². The molecule has 1 N–H and O–H groups in total. The molecule has 5 heteroatoms. The van der Waals surface area contributed by atoms with Crippen LogP contribution < -0.4 is 5.32 Å². The lowest BCUT2D eigenvalue weighted by atomic mass is 9.93. The van der Waals surface area contributed by atoms with E-state index in [-0.39, 0.29) is 18.4 Å². The van der Waals surface area contributed by atoms with Crippen molar-refractivity contribution in [2.75, 3.05) is 19.7 Å². The van der Waals surface area contributed by atoms with Crippen LogP contribution >= 0.6 is 0 Å². The predicted octanol–water partition coefficient (Wildman–Crippen LogP) is 1.61. The highest BCUT2D eigenvalue weighted by Crippen LogP contribution is 2.33. The Morgan fingerprint density at radius 3 is 2.52 bits per heavy atom. The molecule has 0 unspecified atom stereocenters. The molecule has 3 rings (SSSR count). The van der Waals surface area contributed by atoms with E-state index in [0.29, 0.717) is 19.3 Å². The third-order valence-corrected chi connectivity index (χ3v) is 5.13. The Morgan fingerprint density at radius 1 is 1.10 bits per heavy atom. The quantitative estimate of drug-likeness (QED) is 0.857. The van der Waals surface area contributed by atoms with Crippen LogP contribution in [0.1, 0.15) is 57.8 Å². The van der Waals surface area contributed by atoms with Crippen LogP contribution in [-0.4, -0.2) is 48.1 Å². The Kier molecular flexibility index (Phi) is 4.48. The highest BCUT2D eigenvalue weighted by Gasteiger charge is 2.48. The minimum Gasteiger partial charge on any atom is -0.376 e. The summed E-state index contributed by atoms with van der Waals surface area (Å²) in [5, 5.41) is 2.94. The van der Waals surface area contributed by atoms with Crippen molar-refractivity contribution in [1.82, 2.24) is 10.2 Å². The van der Waals surface area contributed by atoms with E-state index in [0.717, 1.165) is 38.5 Å². The SMILES string of the molecule is O=C1CN(CCOC2CCCCC2)C(=O)C2(CCCC2)N1. The fourth-order valence-corrected chi connectivity index (χ4v) is 3.97. The number of hydrogen-bond acceptors (Lipinski definition) is 3. The van der Waals surface area contributed by atoms with Crippen molar-refractivity contribution in [2.45, 2.75) is 69.4 Å². The fourth-order valence-electron chi connectivity index (χ4n) is 3.97. The molecule has 0 aromatic rings. The average Bonchev–Trinajstić information content (AvgIpc) is 2.94. The minimum atomic E-state index is -0.597. The summed E-state index contributed by atoms with van der Waals surface area (Å²) in [4.78, 5) is 26.2. The van der Waals surface area contributed by atoms with Crippen molar-refractivity contribution in [3.8, 4) is 0 Å². The molecule has 2 saturated carbocycles. The second-order valence-electron chi connectivity index (χ2n) is 6.69. The highest BCUT2D eigenvalue weighted by atomic mass is 16.5. The molecular formula is C16H26N2O3. The van der Waals surface area contributed by atoms with Crippen LogP contribution in [-0.2, 0) is 14.3 Å². The lowest BCUT2D eigenvalue weighted by Gasteiger charge is -2.39. The van der Waals surface area contributed by atoms with Crippen LogP contribution in [0.15, 0.2) is 0 Å². The van der Waals surface area contributed by atoms with Crippen LogP contribution in [0, 0.1) is 0 Å². The van der Waals surface area contributed by atoms with Gasteiger partial charge in [-0.1, -0.05) is 32.1 Å². The predicted molar refractivity (Wildman–Crippen MR) is 78.7 cm³/mol. The van der Waals surface area contributed by atoms with Crippen LogP contribution in [0.5, 0.6) is 0 Å². The van der Waals surface area contributed by atoms with E-state index in [1.165, 1.54) is 19.3 Å². The average molecular weight is 294 g/mol. The maximum atomic E-state index is 12.6. The molecular weight excluding hydrogens is 268 g/mol. The first kappa shape index (κ1) is 14.8. The van der Waals surface area contributed by atoms with E-state index in [4.69, 9.17) is 4.74 Å². The van der Waals surface area contributed by atoms with Gasteiger partial charge in [-0.2, -0.15) is 0 Å². The zero-order chi connectivity index (χ0) is 14.7. The molecule has 0 bridgehead atoms. The molecule has 0 aromatic heterocycles. The molecule has 118 valence electrons. The van der Waals surface area contributed by atoms with Crippen molar-refractivity contribution >= 4 is 11.8 Å². The van der Waals surface area contributed by atoms with Crippen molar-refractivity contribution in [3.05, 3.63) is 0 Å². The Bertz CT molecular complexity index is 398. The van der Waals surface area contributed by atoms with E-state index in [9.17, 15) is 9.59 Å². The van der Waals surface area contributed by atoms with Gasteiger partial charge in [-0.25, -0.2) is 0 Å².